The number of aromatic nitrogens is 5. The van der Waals surface area contributed by atoms with Crippen LogP contribution in [0.15, 0.2) is 53.7 Å². The number of nitrogens with one attached hydrogen (secondary N) is 1. The molecule has 0 unspecified atom stereocenters. The Morgan fingerprint density at radius 2 is 1.86 bits per heavy atom. The number of nitrogens with zero attached hydrogens (tertiary/aromatic N) is 6. The first-order valence-electron chi connectivity index (χ1n) is 11.6. The lowest BCUT2D eigenvalue weighted by Crippen LogP contribution is -2.39. The van der Waals surface area contributed by atoms with E-state index in [4.69, 9.17) is 23.2 Å². The fourth-order valence-corrected chi connectivity index (χ4v) is 5.88. The van der Waals surface area contributed by atoms with E-state index in [1.54, 1.807) is 10.6 Å². The van der Waals surface area contributed by atoms with Gasteiger partial charge in [-0.15, -0.1) is 0 Å². The largest absolute Gasteiger partial charge is 0.324 e. The molecule has 0 spiro atoms. The summed E-state index contributed by atoms with van der Waals surface area (Å²) in [5.41, 5.74) is 3.51. The maximum atomic E-state index is 13.8. The van der Waals surface area contributed by atoms with Crippen LogP contribution in [0.1, 0.15) is 25.0 Å². The van der Waals surface area contributed by atoms with Crippen molar-refractivity contribution in [2.75, 3.05) is 18.9 Å². The van der Waals surface area contributed by atoms with Crippen molar-refractivity contribution in [2.24, 2.45) is 0 Å². The number of fused-ring (bicyclic) bond motifs is 4. The van der Waals surface area contributed by atoms with Gasteiger partial charge < -0.3 is 10.2 Å². The average molecular weight is 538 g/mol. The van der Waals surface area contributed by atoms with Gasteiger partial charge in [-0.1, -0.05) is 43.1 Å². The first kappa shape index (κ1) is 23.8. The van der Waals surface area contributed by atoms with Crippen molar-refractivity contribution in [3.63, 3.8) is 0 Å². The van der Waals surface area contributed by atoms with Gasteiger partial charge in [0.15, 0.2) is 5.65 Å². The van der Waals surface area contributed by atoms with Crippen LogP contribution in [0.5, 0.6) is 0 Å². The van der Waals surface area contributed by atoms with E-state index >= 15 is 0 Å². The van der Waals surface area contributed by atoms with Crippen molar-refractivity contribution in [3.8, 4) is 5.69 Å². The van der Waals surface area contributed by atoms with Gasteiger partial charge in [-0.05, 0) is 42.4 Å². The topological polar surface area (TPSA) is 80.4 Å². The normalized spacial score (nSPS) is 15.3. The summed E-state index contributed by atoms with van der Waals surface area (Å²) in [6, 6.07) is 8.47. The van der Waals surface area contributed by atoms with E-state index in [-0.39, 0.29) is 32.3 Å². The average Bonchev–Trinajstić information content (AvgIpc) is 3.29. The van der Waals surface area contributed by atoms with E-state index in [2.05, 4.69) is 58.2 Å². The Bertz CT molecular complexity index is 1760. The zero-order valence-electron chi connectivity index (χ0n) is 20.3. The molecule has 4 heterocycles. The van der Waals surface area contributed by atoms with Crippen molar-refractivity contribution in [3.05, 3.63) is 86.3 Å². The molecule has 0 aliphatic carbocycles. The van der Waals surface area contributed by atoms with Gasteiger partial charge in [0.05, 0.1) is 15.7 Å². The molecule has 5 aromatic rings. The van der Waals surface area contributed by atoms with Gasteiger partial charge in [0.1, 0.15) is 11.2 Å². The van der Waals surface area contributed by atoms with Gasteiger partial charge >= 0.3 is 0 Å². The van der Waals surface area contributed by atoms with Crippen LogP contribution in [0.4, 0.5) is 16.0 Å². The van der Waals surface area contributed by atoms with Crippen LogP contribution in [0, 0.1) is 5.82 Å². The summed E-state index contributed by atoms with van der Waals surface area (Å²) < 4.78 is 16.7. The third-order valence-corrected chi connectivity index (χ3v) is 7.23. The Balaban J connectivity index is 1.46. The Hall–Kier alpha value is -3.53. The van der Waals surface area contributed by atoms with Crippen molar-refractivity contribution in [2.45, 2.75) is 25.8 Å². The number of halogens is 3. The number of benzene rings is 2. The van der Waals surface area contributed by atoms with E-state index in [0.717, 1.165) is 30.9 Å². The molecule has 0 fully saturated rings. The summed E-state index contributed by atoms with van der Waals surface area (Å²) in [6.07, 6.45) is 4.66. The van der Waals surface area contributed by atoms with Crippen LogP contribution < -0.4 is 10.9 Å². The van der Waals surface area contributed by atoms with Crippen LogP contribution in [0.3, 0.4) is 0 Å². The molecule has 1 aliphatic heterocycles. The van der Waals surface area contributed by atoms with E-state index in [9.17, 15) is 9.18 Å². The molecule has 6 rings (SSSR count). The van der Waals surface area contributed by atoms with Crippen molar-refractivity contribution < 1.29 is 4.39 Å². The summed E-state index contributed by atoms with van der Waals surface area (Å²) in [5.74, 6) is -0.0409. The lowest BCUT2D eigenvalue weighted by atomic mass is 9.78. The Labute approximate surface area is 221 Å². The molecule has 0 atom stereocenters. The molecule has 188 valence electrons. The predicted molar refractivity (Wildman–Crippen MR) is 143 cm³/mol. The maximum absolute atomic E-state index is 13.8. The van der Waals surface area contributed by atoms with Gasteiger partial charge in [-0.2, -0.15) is 4.98 Å². The second-order valence-corrected chi connectivity index (χ2v) is 10.8. The smallest absolute Gasteiger partial charge is 0.270 e. The molecule has 37 heavy (non-hydrogen) atoms. The van der Waals surface area contributed by atoms with E-state index in [0.29, 0.717) is 11.6 Å². The van der Waals surface area contributed by atoms with Crippen molar-refractivity contribution in [1.29, 1.82) is 0 Å². The summed E-state index contributed by atoms with van der Waals surface area (Å²) in [7, 11) is 2.12. The molecule has 0 radical (unpaired) electrons. The first-order chi connectivity index (χ1) is 17.6. The van der Waals surface area contributed by atoms with Crippen LogP contribution >= 0.6 is 23.2 Å². The molecule has 3 aromatic heterocycles. The fraction of sp³-hybridized carbons (Fsp3) is 0.231. The molecular formula is C26H22Cl2FN7O. The molecule has 8 nitrogen and oxygen atoms in total. The summed E-state index contributed by atoms with van der Waals surface area (Å²) in [6.45, 7) is 6.34. The Morgan fingerprint density at radius 1 is 1.11 bits per heavy atom. The molecule has 1 N–H and O–H groups in total. The minimum absolute atomic E-state index is 0.0169. The SMILES string of the molecule is CN1Cc2cc(Nc3ncc4c(=O)n(-c5c(Cl)cc(F)cc5Cl)c5nccn5c4n3)ccc2C(C)(C)C1. The minimum atomic E-state index is -0.608. The Morgan fingerprint density at radius 3 is 2.62 bits per heavy atom. The van der Waals surface area contributed by atoms with Crippen molar-refractivity contribution >= 4 is 51.6 Å². The van der Waals surface area contributed by atoms with E-state index < -0.39 is 11.4 Å². The van der Waals surface area contributed by atoms with Crippen LogP contribution in [-0.4, -0.2) is 42.4 Å². The summed E-state index contributed by atoms with van der Waals surface area (Å²) in [4.78, 5) is 29.2. The highest BCUT2D eigenvalue weighted by Crippen LogP contribution is 2.35. The molecule has 0 bridgehead atoms. The predicted octanol–water partition coefficient (Wildman–Crippen LogP) is 5.34. The van der Waals surface area contributed by atoms with Gasteiger partial charge in [-0.3, -0.25) is 9.20 Å². The first-order valence-corrected chi connectivity index (χ1v) is 12.4. The van der Waals surface area contributed by atoms with E-state index in [1.165, 1.54) is 28.1 Å². The molecular weight excluding hydrogens is 516 g/mol. The zero-order valence-corrected chi connectivity index (χ0v) is 21.8. The lowest BCUT2D eigenvalue weighted by molar-refractivity contribution is 0.236. The quantitative estimate of drug-likeness (QED) is 0.334. The highest BCUT2D eigenvalue weighted by molar-refractivity contribution is 6.37. The highest BCUT2D eigenvalue weighted by Gasteiger charge is 2.30. The maximum Gasteiger partial charge on any atom is 0.270 e. The van der Waals surface area contributed by atoms with Crippen molar-refractivity contribution in [1.82, 2.24) is 28.8 Å². The summed E-state index contributed by atoms with van der Waals surface area (Å²) in [5, 5.41) is 3.46. The number of hydrogen-bond donors (Lipinski definition) is 1. The highest BCUT2D eigenvalue weighted by atomic mass is 35.5. The second-order valence-electron chi connectivity index (χ2n) is 9.94. The van der Waals surface area contributed by atoms with Crippen LogP contribution in [0.25, 0.3) is 22.5 Å². The van der Waals surface area contributed by atoms with Gasteiger partial charge in [-0.25, -0.2) is 18.9 Å². The summed E-state index contributed by atoms with van der Waals surface area (Å²) >= 11 is 12.6. The fourth-order valence-electron chi connectivity index (χ4n) is 5.25. The molecule has 0 saturated heterocycles. The second kappa shape index (κ2) is 8.51. The van der Waals surface area contributed by atoms with Gasteiger partial charge in [0.2, 0.25) is 11.7 Å². The molecule has 1 aliphatic rings. The number of anilines is 2. The van der Waals surface area contributed by atoms with Gasteiger partial charge in [0.25, 0.3) is 5.56 Å². The monoisotopic (exact) mass is 537 g/mol. The molecule has 2 aromatic carbocycles. The van der Waals surface area contributed by atoms with Crippen LogP contribution in [-0.2, 0) is 12.0 Å². The lowest BCUT2D eigenvalue weighted by Gasteiger charge is -2.38. The third kappa shape index (κ3) is 3.94. The Kier molecular flexibility index (Phi) is 5.48. The number of imidazole rings is 1. The molecule has 0 saturated carbocycles. The number of rotatable bonds is 3. The number of likely N-dealkylation sites (N-methyl/N-ethyl adjacent to an activating group) is 1. The zero-order chi connectivity index (χ0) is 26.1. The van der Waals surface area contributed by atoms with E-state index in [1.807, 2.05) is 6.07 Å². The standard InChI is InChI=1S/C26H22Cl2FN7O/c1-26(2)13-34(3)12-14-8-16(4-5-18(14)26)32-24-31-11-17-22(33-24)35-7-6-30-25(35)36(23(17)37)21-19(27)9-15(29)10-20(21)28/h4-11H,12-13H2,1-3H3,(H,31,32,33). The van der Waals surface area contributed by atoms with Gasteiger partial charge in [0, 0.05) is 42.8 Å². The molecule has 0 amide bonds. The minimum Gasteiger partial charge on any atom is -0.324 e. The van der Waals surface area contributed by atoms with Crippen LogP contribution in [0.2, 0.25) is 10.0 Å². The molecule has 11 heteroatoms. The third-order valence-electron chi connectivity index (χ3n) is 6.65. The number of hydrogen-bond acceptors (Lipinski definition) is 6.